The number of aliphatic carboxylic acids is 1. The zero-order valence-electron chi connectivity index (χ0n) is 13.4. The first-order chi connectivity index (χ1) is 11.4. The average Bonchev–Trinajstić information content (AvgIpc) is 2.56. The number of nitro benzene ring substituents is 1. The van der Waals surface area contributed by atoms with Crippen LogP contribution in [0.2, 0.25) is 0 Å². The zero-order chi connectivity index (χ0) is 17.7. The van der Waals surface area contributed by atoms with Gasteiger partial charge in [-0.3, -0.25) is 19.7 Å². The molecule has 0 heterocycles. The Morgan fingerprint density at radius 2 is 2.00 bits per heavy atom. The summed E-state index contributed by atoms with van der Waals surface area (Å²) in [5.41, 5.74) is -0.236. The summed E-state index contributed by atoms with van der Waals surface area (Å²) in [5, 5.41) is 23.0. The van der Waals surface area contributed by atoms with Gasteiger partial charge in [-0.05, 0) is 31.9 Å². The number of carbonyl (C=O) groups is 2. The van der Waals surface area contributed by atoms with E-state index in [9.17, 15) is 24.8 Å². The monoisotopic (exact) mass is 336 g/mol. The minimum absolute atomic E-state index is 0.0446. The molecule has 1 aliphatic carbocycles. The molecular weight excluding hydrogens is 316 g/mol. The number of hydrogen-bond acceptors (Lipinski definition) is 5. The Bertz CT molecular complexity index is 645. The van der Waals surface area contributed by atoms with Gasteiger partial charge in [0.25, 0.3) is 5.69 Å². The second-order valence-electron chi connectivity index (χ2n) is 5.69. The Morgan fingerprint density at radius 3 is 2.58 bits per heavy atom. The molecule has 8 nitrogen and oxygen atoms in total. The van der Waals surface area contributed by atoms with E-state index in [1.54, 1.807) is 6.92 Å². The number of carboxylic acids is 1. The fourth-order valence-corrected chi connectivity index (χ4v) is 2.99. The van der Waals surface area contributed by atoms with Crippen molar-refractivity contribution < 1.29 is 24.4 Å². The van der Waals surface area contributed by atoms with Crippen molar-refractivity contribution >= 4 is 23.3 Å². The maximum Gasteiger partial charge on any atom is 0.307 e. The molecule has 1 aromatic rings. The lowest BCUT2D eigenvalue weighted by molar-refractivity contribution is -0.384. The molecule has 2 N–H and O–H groups in total. The van der Waals surface area contributed by atoms with Crippen LogP contribution in [-0.4, -0.2) is 28.5 Å². The molecule has 0 aromatic heterocycles. The molecule has 2 rings (SSSR count). The molecule has 0 radical (unpaired) electrons. The van der Waals surface area contributed by atoms with E-state index in [0.29, 0.717) is 25.2 Å². The van der Waals surface area contributed by atoms with Crippen LogP contribution in [0.3, 0.4) is 0 Å². The van der Waals surface area contributed by atoms with E-state index in [1.165, 1.54) is 18.2 Å². The molecule has 0 aliphatic heterocycles. The van der Waals surface area contributed by atoms with Crippen LogP contribution >= 0.6 is 0 Å². The van der Waals surface area contributed by atoms with Crippen LogP contribution in [0.4, 0.5) is 11.4 Å². The lowest BCUT2D eigenvalue weighted by Crippen LogP contribution is -2.36. The Morgan fingerprint density at radius 1 is 1.33 bits per heavy atom. The highest BCUT2D eigenvalue weighted by atomic mass is 16.6. The molecule has 24 heavy (non-hydrogen) atoms. The summed E-state index contributed by atoms with van der Waals surface area (Å²) in [6.45, 7) is 2.13. The SMILES string of the molecule is CCOc1ccc(NC(=O)[C@@H]2CCCC[C@@H]2C(=O)O)c([N+](=O)[O-])c1. The minimum Gasteiger partial charge on any atom is -0.494 e. The first kappa shape index (κ1) is 17.7. The molecule has 130 valence electrons. The summed E-state index contributed by atoms with van der Waals surface area (Å²) in [4.78, 5) is 34.4. The number of nitrogens with one attached hydrogen (secondary N) is 1. The van der Waals surface area contributed by atoms with Crippen molar-refractivity contribution in [2.24, 2.45) is 11.8 Å². The molecule has 8 heteroatoms. The van der Waals surface area contributed by atoms with Crippen LogP contribution in [0.1, 0.15) is 32.6 Å². The average molecular weight is 336 g/mol. The largest absolute Gasteiger partial charge is 0.494 e. The molecule has 1 aliphatic rings. The summed E-state index contributed by atoms with van der Waals surface area (Å²) in [6.07, 6.45) is 2.45. The number of ether oxygens (including phenoxy) is 1. The molecule has 1 aromatic carbocycles. The van der Waals surface area contributed by atoms with Crippen LogP contribution in [-0.2, 0) is 9.59 Å². The normalized spacial score (nSPS) is 20.2. The van der Waals surface area contributed by atoms with Crippen molar-refractivity contribution in [3.63, 3.8) is 0 Å². The van der Waals surface area contributed by atoms with Gasteiger partial charge in [0.05, 0.1) is 29.4 Å². The first-order valence-electron chi connectivity index (χ1n) is 7.89. The van der Waals surface area contributed by atoms with Gasteiger partial charge < -0.3 is 15.2 Å². The lowest BCUT2D eigenvalue weighted by atomic mass is 9.78. The summed E-state index contributed by atoms with van der Waals surface area (Å²) < 4.78 is 5.23. The highest BCUT2D eigenvalue weighted by molar-refractivity contribution is 5.97. The van der Waals surface area contributed by atoms with Crippen molar-refractivity contribution in [2.75, 3.05) is 11.9 Å². The number of carbonyl (C=O) groups excluding carboxylic acids is 1. The van der Waals surface area contributed by atoms with Crippen LogP contribution < -0.4 is 10.1 Å². The third kappa shape index (κ3) is 4.01. The molecule has 1 fully saturated rings. The van der Waals surface area contributed by atoms with Gasteiger partial charge in [0, 0.05) is 0 Å². The van der Waals surface area contributed by atoms with Gasteiger partial charge in [0.15, 0.2) is 0 Å². The second kappa shape index (κ2) is 7.76. The number of rotatable bonds is 6. The number of benzene rings is 1. The van der Waals surface area contributed by atoms with Gasteiger partial charge in [-0.1, -0.05) is 12.8 Å². The second-order valence-corrected chi connectivity index (χ2v) is 5.69. The van der Waals surface area contributed by atoms with Crippen molar-refractivity contribution in [3.05, 3.63) is 28.3 Å². The topological polar surface area (TPSA) is 119 Å². The van der Waals surface area contributed by atoms with E-state index in [2.05, 4.69) is 5.32 Å². The van der Waals surface area contributed by atoms with Gasteiger partial charge >= 0.3 is 5.97 Å². The number of amides is 1. The van der Waals surface area contributed by atoms with Crippen molar-refractivity contribution in [3.8, 4) is 5.75 Å². The molecule has 1 saturated carbocycles. The van der Waals surface area contributed by atoms with Gasteiger partial charge in [-0.25, -0.2) is 0 Å². The fraction of sp³-hybridized carbons (Fsp3) is 0.500. The third-order valence-corrected chi connectivity index (χ3v) is 4.15. The van der Waals surface area contributed by atoms with Crippen molar-refractivity contribution in [1.29, 1.82) is 0 Å². The standard InChI is InChI=1S/C16H20N2O6/c1-2-24-10-7-8-13(14(9-10)18(22)23)17-15(19)11-5-3-4-6-12(11)16(20)21/h7-9,11-12H,2-6H2,1H3,(H,17,19)(H,20,21)/t11-,12+/m1/s1. The molecule has 0 spiro atoms. The fourth-order valence-electron chi connectivity index (χ4n) is 2.99. The Hall–Kier alpha value is -2.64. The lowest BCUT2D eigenvalue weighted by Gasteiger charge is -2.27. The van der Waals surface area contributed by atoms with E-state index in [4.69, 9.17) is 4.74 Å². The first-order valence-corrected chi connectivity index (χ1v) is 7.89. The molecular formula is C16H20N2O6. The maximum absolute atomic E-state index is 12.4. The third-order valence-electron chi connectivity index (χ3n) is 4.15. The molecule has 0 unspecified atom stereocenters. The van der Waals surface area contributed by atoms with E-state index in [1.807, 2.05) is 0 Å². The van der Waals surface area contributed by atoms with Crippen LogP contribution in [0.5, 0.6) is 5.75 Å². The van der Waals surface area contributed by atoms with Crippen LogP contribution in [0.25, 0.3) is 0 Å². The predicted octanol–water partition coefficient (Wildman–Crippen LogP) is 2.82. The summed E-state index contributed by atoms with van der Waals surface area (Å²) in [7, 11) is 0. The Balaban J connectivity index is 2.21. The predicted molar refractivity (Wildman–Crippen MR) is 86.0 cm³/mol. The van der Waals surface area contributed by atoms with Crippen LogP contribution in [0.15, 0.2) is 18.2 Å². The van der Waals surface area contributed by atoms with Gasteiger partial charge in [-0.15, -0.1) is 0 Å². The van der Waals surface area contributed by atoms with E-state index < -0.39 is 28.6 Å². The molecule has 0 bridgehead atoms. The number of hydrogen-bond donors (Lipinski definition) is 2. The maximum atomic E-state index is 12.4. The Kier molecular flexibility index (Phi) is 5.73. The quantitative estimate of drug-likeness (QED) is 0.609. The van der Waals surface area contributed by atoms with Crippen LogP contribution in [0, 0.1) is 22.0 Å². The Labute approximate surface area is 139 Å². The van der Waals surface area contributed by atoms with E-state index in [0.717, 1.165) is 12.8 Å². The minimum atomic E-state index is -1.00. The molecule has 2 atom stereocenters. The molecule has 0 saturated heterocycles. The van der Waals surface area contributed by atoms with E-state index >= 15 is 0 Å². The van der Waals surface area contributed by atoms with Gasteiger partial charge in [0.2, 0.25) is 5.91 Å². The summed E-state index contributed by atoms with van der Waals surface area (Å²) >= 11 is 0. The number of anilines is 1. The number of carboxylic acid groups (broad SMARTS) is 1. The highest BCUT2D eigenvalue weighted by Gasteiger charge is 2.36. The zero-order valence-corrected chi connectivity index (χ0v) is 13.4. The van der Waals surface area contributed by atoms with Gasteiger partial charge in [0.1, 0.15) is 11.4 Å². The van der Waals surface area contributed by atoms with Crippen molar-refractivity contribution in [2.45, 2.75) is 32.6 Å². The van der Waals surface area contributed by atoms with E-state index in [-0.39, 0.29) is 11.4 Å². The number of nitro groups is 1. The smallest absolute Gasteiger partial charge is 0.307 e. The van der Waals surface area contributed by atoms with Crippen molar-refractivity contribution in [1.82, 2.24) is 0 Å². The highest BCUT2D eigenvalue weighted by Crippen LogP contribution is 2.34. The summed E-state index contributed by atoms with van der Waals surface area (Å²) in [6, 6.07) is 4.18. The molecule has 1 amide bonds. The van der Waals surface area contributed by atoms with Gasteiger partial charge in [-0.2, -0.15) is 0 Å². The summed E-state index contributed by atoms with van der Waals surface area (Å²) in [5.74, 6) is -2.59. The number of nitrogens with zero attached hydrogens (tertiary/aromatic N) is 1.